The standard InChI is InChI=1S/C14H17NO/c16-14-9-12(13-7-3-4-8-15-13)10-5-1-2-6-11(10)14/h1-2,5-6,8,12-14,16H,3-4,7,9H2. The lowest BCUT2D eigenvalue weighted by atomic mass is 9.89. The second kappa shape index (κ2) is 4.02. The lowest BCUT2D eigenvalue weighted by Crippen LogP contribution is -2.17. The van der Waals surface area contributed by atoms with Crippen LogP contribution in [0.25, 0.3) is 0 Å². The molecule has 0 fully saturated rings. The third kappa shape index (κ3) is 1.57. The Kier molecular flexibility index (Phi) is 2.52. The van der Waals surface area contributed by atoms with Gasteiger partial charge < -0.3 is 5.11 Å². The van der Waals surface area contributed by atoms with Gasteiger partial charge in [-0.2, -0.15) is 0 Å². The van der Waals surface area contributed by atoms with Crippen LogP contribution in [0.15, 0.2) is 29.3 Å². The van der Waals surface area contributed by atoms with Crippen molar-refractivity contribution in [3.63, 3.8) is 0 Å². The van der Waals surface area contributed by atoms with Gasteiger partial charge in [-0.15, -0.1) is 0 Å². The van der Waals surface area contributed by atoms with Gasteiger partial charge in [-0.3, -0.25) is 4.99 Å². The molecule has 84 valence electrons. The summed E-state index contributed by atoms with van der Waals surface area (Å²) in [5.74, 6) is 0.433. The van der Waals surface area contributed by atoms with E-state index in [1.807, 2.05) is 12.1 Å². The number of hydrogen-bond acceptors (Lipinski definition) is 2. The van der Waals surface area contributed by atoms with Gasteiger partial charge in [-0.05, 0) is 43.0 Å². The molecule has 3 atom stereocenters. The van der Waals surface area contributed by atoms with E-state index in [1.165, 1.54) is 18.4 Å². The van der Waals surface area contributed by atoms with Crippen molar-refractivity contribution >= 4 is 6.21 Å². The van der Waals surface area contributed by atoms with Crippen LogP contribution in [-0.4, -0.2) is 17.4 Å². The summed E-state index contributed by atoms with van der Waals surface area (Å²) in [4.78, 5) is 4.61. The summed E-state index contributed by atoms with van der Waals surface area (Å²) >= 11 is 0. The van der Waals surface area contributed by atoms with Crippen molar-refractivity contribution < 1.29 is 5.11 Å². The van der Waals surface area contributed by atoms with E-state index in [-0.39, 0.29) is 6.10 Å². The lowest BCUT2D eigenvalue weighted by molar-refractivity contribution is 0.169. The van der Waals surface area contributed by atoms with E-state index in [0.717, 1.165) is 18.4 Å². The van der Waals surface area contributed by atoms with Crippen LogP contribution in [-0.2, 0) is 0 Å². The molecule has 1 aromatic rings. The molecular weight excluding hydrogens is 198 g/mol. The normalized spacial score (nSPS) is 32.7. The minimum atomic E-state index is -0.279. The Labute approximate surface area is 96.0 Å². The highest BCUT2D eigenvalue weighted by atomic mass is 16.3. The van der Waals surface area contributed by atoms with Crippen LogP contribution in [0.4, 0.5) is 0 Å². The molecule has 0 saturated heterocycles. The van der Waals surface area contributed by atoms with Crippen molar-refractivity contribution in [1.29, 1.82) is 0 Å². The summed E-state index contributed by atoms with van der Waals surface area (Å²) in [5, 5.41) is 10.0. The molecule has 3 unspecified atom stereocenters. The molecule has 1 aromatic carbocycles. The Morgan fingerprint density at radius 3 is 2.75 bits per heavy atom. The number of aliphatic hydroxyl groups excluding tert-OH is 1. The number of aliphatic imine (C=N–C) groups is 1. The topological polar surface area (TPSA) is 32.6 Å². The highest BCUT2D eigenvalue weighted by molar-refractivity contribution is 5.58. The van der Waals surface area contributed by atoms with Crippen LogP contribution in [0.5, 0.6) is 0 Å². The Balaban J connectivity index is 1.93. The molecule has 0 saturated carbocycles. The van der Waals surface area contributed by atoms with E-state index in [0.29, 0.717) is 12.0 Å². The van der Waals surface area contributed by atoms with Crippen LogP contribution in [0.3, 0.4) is 0 Å². The first-order valence-electron chi connectivity index (χ1n) is 6.15. The highest BCUT2D eigenvalue weighted by Crippen LogP contribution is 2.44. The van der Waals surface area contributed by atoms with Crippen LogP contribution in [0.1, 0.15) is 48.8 Å². The van der Waals surface area contributed by atoms with Crippen molar-refractivity contribution in [2.75, 3.05) is 0 Å². The lowest BCUT2D eigenvalue weighted by Gasteiger charge is -2.23. The van der Waals surface area contributed by atoms with Gasteiger partial charge in [0, 0.05) is 5.92 Å². The van der Waals surface area contributed by atoms with Gasteiger partial charge in [0.25, 0.3) is 0 Å². The number of hydrogen-bond donors (Lipinski definition) is 1. The maximum Gasteiger partial charge on any atom is 0.0799 e. The van der Waals surface area contributed by atoms with Gasteiger partial charge in [0.2, 0.25) is 0 Å². The smallest absolute Gasteiger partial charge is 0.0799 e. The number of nitrogens with zero attached hydrogens (tertiary/aromatic N) is 1. The van der Waals surface area contributed by atoms with Crippen LogP contribution >= 0.6 is 0 Å². The molecule has 0 radical (unpaired) electrons. The molecule has 0 spiro atoms. The van der Waals surface area contributed by atoms with Crippen molar-refractivity contribution in [2.45, 2.75) is 43.7 Å². The van der Waals surface area contributed by atoms with Gasteiger partial charge >= 0.3 is 0 Å². The van der Waals surface area contributed by atoms with Gasteiger partial charge in [0.1, 0.15) is 0 Å². The molecule has 1 aliphatic heterocycles. The molecule has 3 rings (SSSR count). The molecule has 0 aromatic heterocycles. The molecule has 2 heteroatoms. The van der Waals surface area contributed by atoms with Crippen LogP contribution in [0, 0.1) is 0 Å². The molecule has 1 N–H and O–H groups in total. The Hall–Kier alpha value is -1.15. The third-order valence-electron chi connectivity index (χ3n) is 3.83. The summed E-state index contributed by atoms with van der Waals surface area (Å²) < 4.78 is 0. The first-order valence-corrected chi connectivity index (χ1v) is 6.15. The van der Waals surface area contributed by atoms with Crippen LogP contribution in [0.2, 0.25) is 0 Å². The zero-order valence-corrected chi connectivity index (χ0v) is 9.34. The second-order valence-electron chi connectivity index (χ2n) is 4.82. The van der Waals surface area contributed by atoms with Crippen molar-refractivity contribution in [3.8, 4) is 0 Å². The Bertz CT molecular complexity index is 413. The number of rotatable bonds is 1. The summed E-state index contributed by atoms with van der Waals surface area (Å²) in [6.07, 6.45) is 6.15. The van der Waals surface area contributed by atoms with Gasteiger partial charge in [-0.1, -0.05) is 24.3 Å². The Morgan fingerprint density at radius 1 is 1.19 bits per heavy atom. The maximum absolute atomic E-state index is 10.0. The number of benzene rings is 1. The second-order valence-corrected chi connectivity index (χ2v) is 4.82. The zero-order chi connectivity index (χ0) is 11.0. The molecule has 0 amide bonds. The predicted octanol–water partition coefficient (Wildman–Crippen LogP) is 2.83. The molecule has 2 aliphatic rings. The average molecular weight is 215 g/mol. The molecule has 16 heavy (non-hydrogen) atoms. The van der Waals surface area contributed by atoms with E-state index in [9.17, 15) is 5.11 Å². The summed E-state index contributed by atoms with van der Waals surface area (Å²) in [5.41, 5.74) is 2.44. The van der Waals surface area contributed by atoms with E-state index in [1.54, 1.807) is 0 Å². The molecule has 2 nitrogen and oxygen atoms in total. The fourth-order valence-corrected chi connectivity index (χ4v) is 3.02. The van der Waals surface area contributed by atoms with E-state index in [4.69, 9.17) is 0 Å². The van der Waals surface area contributed by atoms with Crippen molar-refractivity contribution in [2.24, 2.45) is 4.99 Å². The fraction of sp³-hybridized carbons (Fsp3) is 0.500. The minimum absolute atomic E-state index is 0.279. The zero-order valence-electron chi connectivity index (χ0n) is 9.34. The number of aliphatic hydroxyl groups is 1. The SMILES string of the molecule is OC1CC(C2CCCC=N2)c2ccccc21. The molecule has 1 heterocycles. The highest BCUT2D eigenvalue weighted by Gasteiger charge is 2.34. The molecular formula is C14H17NO. The van der Waals surface area contributed by atoms with E-state index in [2.05, 4.69) is 23.3 Å². The Morgan fingerprint density at radius 2 is 2.00 bits per heavy atom. The van der Waals surface area contributed by atoms with E-state index < -0.39 is 0 Å². The maximum atomic E-state index is 10.0. The fourth-order valence-electron chi connectivity index (χ4n) is 3.02. The quantitative estimate of drug-likeness (QED) is 0.767. The van der Waals surface area contributed by atoms with Crippen molar-refractivity contribution in [3.05, 3.63) is 35.4 Å². The van der Waals surface area contributed by atoms with Gasteiger partial charge in [0.15, 0.2) is 0 Å². The van der Waals surface area contributed by atoms with Gasteiger partial charge in [-0.25, -0.2) is 0 Å². The minimum Gasteiger partial charge on any atom is -0.388 e. The first kappa shape index (κ1) is 10.0. The largest absolute Gasteiger partial charge is 0.388 e. The summed E-state index contributed by atoms with van der Waals surface area (Å²) in [6, 6.07) is 8.67. The summed E-state index contributed by atoms with van der Waals surface area (Å²) in [6.45, 7) is 0. The monoisotopic (exact) mass is 215 g/mol. The van der Waals surface area contributed by atoms with Crippen molar-refractivity contribution in [1.82, 2.24) is 0 Å². The molecule has 0 bridgehead atoms. The average Bonchev–Trinajstić information content (AvgIpc) is 2.69. The summed E-state index contributed by atoms with van der Waals surface area (Å²) in [7, 11) is 0. The number of fused-ring (bicyclic) bond motifs is 1. The predicted molar refractivity (Wildman–Crippen MR) is 64.9 cm³/mol. The van der Waals surface area contributed by atoms with E-state index >= 15 is 0 Å². The molecule has 1 aliphatic carbocycles. The third-order valence-corrected chi connectivity index (χ3v) is 3.83. The van der Waals surface area contributed by atoms with Gasteiger partial charge in [0.05, 0.1) is 12.1 Å². The van der Waals surface area contributed by atoms with Crippen LogP contribution < -0.4 is 0 Å². The first-order chi connectivity index (χ1) is 7.86.